The van der Waals surface area contributed by atoms with E-state index in [1.807, 2.05) is 18.2 Å². The summed E-state index contributed by atoms with van der Waals surface area (Å²) in [4.78, 5) is 2.22. The number of rotatable bonds is 5. The van der Waals surface area contributed by atoms with Crippen LogP contribution in [0.1, 0.15) is 25.1 Å². The highest BCUT2D eigenvalue weighted by Crippen LogP contribution is 2.17. The zero-order chi connectivity index (χ0) is 13.7. The van der Waals surface area contributed by atoms with Gasteiger partial charge in [0.05, 0.1) is 11.6 Å². The summed E-state index contributed by atoms with van der Waals surface area (Å²) in [6.07, 6.45) is 0. The fourth-order valence-corrected chi connectivity index (χ4v) is 2.03. The Bertz CT molecular complexity index is 497. The van der Waals surface area contributed by atoms with Crippen molar-refractivity contribution < 1.29 is 0 Å². The minimum Gasteiger partial charge on any atom is -0.348 e. The highest BCUT2D eigenvalue weighted by atomic mass is 35.5. The average Bonchev–Trinajstić information content (AvgIpc) is 2.46. The number of nitrogens with zero attached hydrogens (tertiary/aromatic N) is 3. The minimum absolute atomic E-state index is 0.358. The SMILES string of the molecule is CC(C)N(Cc1ccccc1)c1ccc(CCl)nn1. The molecule has 4 heteroatoms. The Hall–Kier alpha value is -1.61. The first-order valence-corrected chi connectivity index (χ1v) is 6.93. The van der Waals surface area contributed by atoms with Crippen molar-refractivity contribution in [3.63, 3.8) is 0 Å². The molecule has 3 nitrogen and oxygen atoms in total. The van der Waals surface area contributed by atoms with E-state index in [1.54, 1.807) is 0 Å². The molecule has 2 rings (SSSR count). The molecule has 0 aliphatic heterocycles. The lowest BCUT2D eigenvalue weighted by Crippen LogP contribution is -2.31. The molecule has 0 spiro atoms. The number of anilines is 1. The molecule has 19 heavy (non-hydrogen) atoms. The van der Waals surface area contributed by atoms with Gasteiger partial charge in [0.25, 0.3) is 0 Å². The van der Waals surface area contributed by atoms with E-state index in [4.69, 9.17) is 11.6 Å². The molecule has 1 heterocycles. The summed E-state index contributed by atoms with van der Waals surface area (Å²) in [5.41, 5.74) is 2.06. The smallest absolute Gasteiger partial charge is 0.151 e. The van der Waals surface area contributed by atoms with Gasteiger partial charge in [0.1, 0.15) is 0 Å². The zero-order valence-electron chi connectivity index (χ0n) is 11.3. The first-order valence-electron chi connectivity index (χ1n) is 6.40. The van der Waals surface area contributed by atoms with Gasteiger partial charge in [-0.3, -0.25) is 0 Å². The van der Waals surface area contributed by atoms with Gasteiger partial charge in [-0.2, -0.15) is 5.10 Å². The molecule has 1 aromatic carbocycles. The fraction of sp³-hybridized carbons (Fsp3) is 0.333. The highest BCUT2D eigenvalue weighted by Gasteiger charge is 2.13. The average molecular weight is 276 g/mol. The van der Waals surface area contributed by atoms with E-state index in [0.29, 0.717) is 11.9 Å². The number of halogens is 1. The standard InChI is InChI=1S/C15H18ClN3/c1-12(2)19(11-13-6-4-3-5-7-13)15-9-8-14(10-16)17-18-15/h3-9,12H,10-11H2,1-2H3. The molecule has 1 aromatic heterocycles. The molecule has 0 saturated heterocycles. The maximum absolute atomic E-state index is 5.74. The lowest BCUT2D eigenvalue weighted by Gasteiger charge is -2.27. The summed E-state index contributed by atoms with van der Waals surface area (Å²) in [6.45, 7) is 5.13. The highest BCUT2D eigenvalue weighted by molar-refractivity contribution is 6.16. The summed E-state index contributed by atoms with van der Waals surface area (Å²) in [7, 11) is 0. The van der Waals surface area contributed by atoms with Crippen LogP contribution in [0.15, 0.2) is 42.5 Å². The second-order valence-electron chi connectivity index (χ2n) is 4.72. The number of benzene rings is 1. The van der Waals surface area contributed by atoms with E-state index in [1.165, 1.54) is 5.56 Å². The molecule has 0 aliphatic carbocycles. The van der Waals surface area contributed by atoms with Crippen molar-refractivity contribution in [1.82, 2.24) is 10.2 Å². The van der Waals surface area contributed by atoms with Crippen LogP contribution in [0.3, 0.4) is 0 Å². The molecule has 2 aromatic rings. The van der Waals surface area contributed by atoms with Crippen LogP contribution in [-0.4, -0.2) is 16.2 Å². The Morgan fingerprint density at radius 2 is 1.79 bits per heavy atom. The number of hydrogen-bond acceptors (Lipinski definition) is 3. The lowest BCUT2D eigenvalue weighted by molar-refractivity contribution is 0.664. The van der Waals surface area contributed by atoms with E-state index in [9.17, 15) is 0 Å². The second-order valence-corrected chi connectivity index (χ2v) is 4.99. The molecule has 0 N–H and O–H groups in total. The quantitative estimate of drug-likeness (QED) is 0.780. The summed E-state index contributed by atoms with van der Waals surface area (Å²) >= 11 is 5.74. The van der Waals surface area contributed by atoms with Gasteiger partial charge in [-0.1, -0.05) is 30.3 Å². The van der Waals surface area contributed by atoms with E-state index in [0.717, 1.165) is 18.1 Å². The minimum atomic E-state index is 0.358. The van der Waals surface area contributed by atoms with Crippen LogP contribution in [0.25, 0.3) is 0 Å². The van der Waals surface area contributed by atoms with Crippen molar-refractivity contribution >= 4 is 17.4 Å². The molecule has 0 aliphatic rings. The molecule has 0 unspecified atom stereocenters. The van der Waals surface area contributed by atoms with E-state index in [2.05, 4.69) is 53.2 Å². The van der Waals surface area contributed by atoms with E-state index in [-0.39, 0.29) is 0 Å². The normalized spacial score (nSPS) is 10.7. The molecule has 0 atom stereocenters. The van der Waals surface area contributed by atoms with Crippen molar-refractivity contribution in [3.05, 3.63) is 53.7 Å². The van der Waals surface area contributed by atoms with Gasteiger partial charge in [-0.25, -0.2) is 0 Å². The topological polar surface area (TPSA) is 29.0 Å². The Morgan fingerprint density at radius 3 is 2.32 bits per heavy atom. The zero-order valence-corrected chi connectivity index (χ0v) is 12.0. The third kappa shape index (κ3) is 3.67. The van der Waals surface area contributed by atoms with Gasteiger partial charge < -0.3 is 4.90 Å². The summed E-state index contributed by atoms with van der Waals surface area (Å²) in [5, 5.41) is 8.38. The molecule has 0 amide bonds. The van der Waals surface area contributed by atoms with Crippen molar-refractivity contribution in [2.45, 2.75) is 32.3 Å². The molecule has 100 valence electrons. The van der Waals surface area contributed by atoms with Gasteiger partial charge in [0.2, 0.25) is 0 Å². The molecule has 0 radical (unpaired) electrons. The molecule has 0 fully saturated rings. The van der Waals surface area contributed by atoms with E-state index >= 15 is 0 Å². The van der Waals surface area contributed by atoms with Crippen LogP contribution in [-0.2, 0) is 12.4 Å². The van der Waals surface area contributed by atoms with Crippen LogP contribution < -0.4 is 4.90 Å². The predicted octanol–water partition coefficient (Wildman–Crippen LogP) is 3.63. The summed E-state index contributed by atoms with van der Waals surface area (Å²) in [6, 6.07) is 14.6. The number of hydrogen-bond donors (Lipinski definition) is 0. The monoisotopic (exact) mass is 275 g/mol. The molecular weight excluding hydrogens is 258 g/mol. The van der Waals surface area contributed by atoms with E-state index < -0.39 is 0 Å². The van der Waals surface area contributed by atoms with Gasteiger partial charge in [0, 0.05) is 12.6 Å². The van der Waals surface area contributed by atoms with Crippen LogP contribution >= 0.6 is 11.6 Å². The molecule has 0 saturated carbocycles. The van der Waals surface area contributed by atoms with Crippen molar-refractivity contribution in [3.8, 4) is 0 Å². The summed E-state index contributed by atoms with van der Waals surface area (Å²) < 4.78 is 0. The Balaban J connectivity index is 2.19. The first kappa shape index (κ1) is 13.8. The van der Waals surface area contributed by atoms with Crippen molar-refractivity contribution in [2.24, 2.45) is 0 Å². The van der Waals surface area contributed by atoms with Crippen molar-refractivity contribution in [1.29, 1.82) is 0 Å². The predicted molar refractivity (Wildman–Crippen MR) is 79.4 cm³/mol. The maximum Gasteiger partial charge on any atom is 0.151 e. The molecular formula is C15H18ClN3. The molecule has 0 bridgehead atoms. The second kappa shape index (κ2) is 6.53. The van der Waals surface area contributed by atoms with Gasteiger partial charge in [0.15, 0.2) is 5.82 Å². The van der Waals surface area contributed by atoms with Crippen LogP contribution in [0.4, 0.5) is 5.82 Å². The maximum atomic E-state index is 5.74. The first-order chi connectivity index (χ1) is 9.20. The summed E-state index contributed by atoms with van der Waals surface area (Å²) in [5.74, 6) is 1.28. The third-order valence-electron chi connectivity index (χ3n) is 2.96. The van der Waals surface area contributed by atoms with Gasteiger partial charge in [-0.05, 0) is 31.5 Å². The number of alkyl halides is 1. The van der Waals surface area contributed by atoms with Crippen LogP contribution in [0.2, 0.25) is 0 Å². The van der Waals surface area contributed by atoms with Gasteiger partial charge >= 0.3 is 0 Å². The number of aromatic nitrogens is 2. The Morgan fingerprint density at radius 1 is 1.05 bits per heavy atom. The van der Waals surface area contributed by atoms with Gasteiger partial charge in [-0.15, -0.1) is 16.7 Å². The van der Waals surface area contributed by atoms with Crippen LogP contribution in [0.5, 0.6) is 0 Å². The third-order valence-corrected chi connectivity index (χ3v) is 3.23. The Labute approximate surface area is 119 Å². The Kier molecular flexibility index (Phi) is 4.74. The van der Waals surface area contributed by atoms with Crippen LogP contribution in [0, 0.1) is 0 Å². The fourth-order valence-electron chi connectivity index (χ4n) is 1.89. The lowest BCUT2D eigenvalue weighted by atomic mass is 10.2. The van der Waals surface area contributed by atoms with Crippen molar-refractivity contribution in [2.75, 3.05) is 4.90 Å². The largest absolute Gasteiger partial charge is 0.348 e.